The monoisotopic (exact) mass is 578 g/mol. The lowest BCUT2D eigenvalue weighted by Gasteiger charge is -2.27. The summed E-state index contributed by atoms with van der Waals surface area (Å²) < 4.78 is 29.6. The average molecular weight is 579 g/mol. The zero-order valence-corrected chi connectivity index (χ0v) is 24.9. The summed E-state index contributed by atoms with van der Waals surface area (Å²) in [5, 5.41) is 6.77. The standard InChI is InChI=1S/C35H36N2O2P2/c38-40(29-19-8-3-9-20-29)32-23-12-10-21-30(32)34(27-15-4-1-5-16-27)36-25-14-26-37-35(28-17-6-2-7-18-28)31-22-11-13-24-33(31)41(37)39/h1-11,15-24,30-31,34-36H,12-14,25-26H2/q+2/t30-,31+,34+,35-/m1/s1. The molecule has 1 saturated heterocycles. The second-order valence-electron chi connectivity index (χ2n) is 10.8. The molecule has 1 heterocycles. The molecule has 6 atom stereocenters. The number of hydrogen-bond donors (Lipinski definition) is 1. The van der Waals surface area contributed by atoms with E-state index in [0.29, 0.717) is 0 Å². The van der Waals surface area contributed by atoms with Gasteiger partial charge in [0.1, 0.15) is 0 Å². The molecular formula is C35H36N2O2P2+2. The quantitative estimate of drug-likeness (QED) is 0.149. The van der Waals surface area contributed by atoms with Crippen LogP contribution < -0.4 is 10.6 Å². The number of allylic oxidation sites excluding steroid dienone is 4. The third-order valence-electron chi connectivity index (χ3n) is 8.22. The zero-order chi connectivity index (χ0) is 28.0. The Bertz CT molecular complexity index is 1500. The van der Waals surface area contributed by atoms with Gasteiger partial charge in [-0.2, -0.15) is 0 Å². The minimum absolute atomic E-state index is 0.00591. The number of rotatable bonds is 10. The van der Waals surface area contributed by atoms with Gasteiger partial charge in [0.05, 0.1) is 17.9 Å². The van der Waals surface area contributed by atoms with Crippen molar-refractivity contribution >= 4 is 21.1 Å². The van der Waals surface area contributed by atoms with Crippen LogP contribution in [0.3, 0.4) is 0 Å². The smallest absolute Gasteiger partial charge is 0.309 e. The molecule has 2 unspecified atom stereocenters. The SMILES string of the molecule is O=[P+](C1=CCC=C[C@H]1[C@@H](NCCCN1[C@H](c2ccccc2)[C@H]2C=CCC=C2[P+]1=O)c1ccccc1)c1ccccc1. The predicted molar refractivity (Wildman–Crippen MR) is 170 cm³/mol. The number of benzene rings is 3. The molecule has 1 fully saturated rings. The topological polar surface area (TPSA) is 49.4 Å². The summed E-state index contributed by atoms with van der Waals surface area (Å²) in [6.45, 7) is 1.51. The van der Waals surface area contributed by atoms with Gasteiger partial charge in [0.25, 0.3) is 0 Å². The van der Waals surface area contributed by atoms with E-state index in [2.05, 4.69) is 95.0 Å². The van der Waals surface area contributed by atoms with Crippen molar-refractivity contribution in [2.75, 3.05) is 13.1 Å². The van der Waals surface area contributed by atoms with Gasteiger partial charge in [-0.25, -0.2) is 0 Å². The van der Waals surface area contributed by atoms with Crippen LogP contribution in [-0.4, -0.2) is 17.8 Å². The van der Waals surface area contributed by atoms with Crippen molar-refractivity contribution in [3.05, 3.63) is 149 Å². The number of fused-ring (bicyclic) bond motifs is 1. The Balaban J connectivity index is 1.19. The van der Waals surface area contributed by atoms with Crippen molar-refractivity contribution < 1.29 is 9.13 Å². The van der Waals surface area contributed by atoms with Crippen molar-refractivity contribution in [1.29, 1.82) is 0 Å². The van der Waals surface area contributed by atoms with Crippen molar-refractivity contribution in [3.63, 3.8) is 0 Å². The van der Waals surface area contributed by atoms with Crippen molar-refractivity contribution in [2.45, 2.75) is 31.3 Å². The highest BCUT2D eigenvalue weighted by molar-refractivity contribution is 7.58. The molecule has 0 aromatic heterocycles. The Morgan fingerprint density at radius 3 is 2.27 bits per heavy atom. The lowest BCUT2D eigenvalue weighted by atomic mass is 9.89. The Kier molecular flexibility index (Phi) is 8.94. The Morgan fingerprint density at radius 1 is 0.854 bits per heavy atom. The normalized spacial score (nSPS) is 24.0. The lowest BCUT2D eigenvalue weighted by Crippen LogP contribution is -2.32. The zero-order valence-electron chi connectivity index (χ0n) is 23.1. The van der Waals surface area contributed by atoms with E-state index < -0.39 is 15.8 Å². The number of nitrogens with one attached hydrogen (secondary N) is 1. The highest BCUT2D eigenvalue weighted by atomic mass is 31.1. The Hall–Kier alpha value is -3.26. The number of hydrogen-bond acceptors (Lipinski definition) is 3. The van der Waals surface area contributed by atoms with E-state index >= 15 is 0 Å². The van der Waals surface area contributed by atoms with E-state index in [-0.39, 0.29) is 23.9 Å². The van der Waals surface area contributed by atoms with Gasteiger partial charge in [-0.3, -0.25) is 0 Å². The average Bonchev–Trinajstić information content (AvgIpc) is 3.33. The van der Waals surface area contributed by atoms with E-state index in [0.717, 1.165) is 48.3 Å². The van der Waals surface area contributed by atoms with Gasteiger partial charge in [-0.15, -0.1) is 0 Å². The number of nitrogens with zero attached hydrogens (tertiary/aromatic N) is 1. The molecule has 0 bridgehead atoms. The first-order chi connectivity index (χ1) is 20.2. The fourth-order valence-corrected chi connectivity index (χ4v) is 9.68. The maximum atomic E-state index is 13.7. The summed E-state index contributed by atoms with van der Waals surface area (Å²) in [7, 11) is -3.24. The second-order valence-corrected chi connectivity index (χ2v) is 14.0. The molecule has 6 heteroatoms. The molecule has 4 nitrogen and oxygen atoms in total. The van der Waals surface area contributed by atoms with Crippen LogP contribution in [0, 0.1) is 11.8 Å². The third kappa shape index (κ3) is 6.03. The molecule has 2 aliphatic carbocycles. The molecule has 0 saturated carbocycles. The van der Waals surface area contributed by atoms with Crippen LogP contribution in [0.2, 0.25) is 0 Å². The largest absolute Gasteiger partial charge is 0.470 e. The molecular weight excluding hydrogens is 542 g/mol. The van der Waals surface area contributed by atoms with Crippen LogP contribution in [0.5, 0.6) is 0 Å². The van der Waals surface area contributed by atoms with Crippen LogP contribution in [0.1, 0.15) is 42.5 Å². The highest BCUT2D eigenvalue weighted by Gasteiger charge is 2.54. The molecule has 0 spiro atoms. The molecule has 1 N–H and O–H groups in total. The minimum atomic E-state index is -1.67. The van der Waals surface area contributed by atoms with Crippen molar-refractivity contribution in [3.8, 4) is 0 Å². The van der Waals surface area contributed by atoms with Crippen LogP contribution in [0.25, 0.3) is 0 Å². The molecule has 3 aliphatic rings. The Morgan fingerprint density at radius 2 is 1.51 bits per heavy atom. The third-order valence-corrected chi connectivity index (χ3v) is 11.8. The first-order valence-electron chi connectivity index (χ1n) is 14.5. The maximum absolute atomic E-state index is 13.7. The molecule has 0 radical (unpaired) electrons. The van der Waals surface area contributed by atoms with Gasteiger partial charge in [-0.05, 0) is 65.8 Å². The van der Waals surface area contributed by atoms with E-state index in [4.69, 9.17) is 0 Å². The van der Waals surface area contributed by atoms with Crippen LogP contribution in [0.15, 0.2) is 138 Å². The summed E-state index contributed by atoms with van der Waals surface area (Å²) in [6.07, 6.45) is 15.7. The van der Waals surface area contributed by atoms with Crippen LogP contribution in [-0.2, 0) is 9.13 Å². The van der Waals surface area contributed by atoms with E-state index in [9.17, 15) is 9.13 Å². The van der Waals surface area contributed by atoms with Crippen molar-refractivity contribution in [1.82, 2.24) is 9.99 Å². The minimum Gasteiger partial charge on any atom is -0.309 e. The molecule has 0 amide bonds. The maximum Gasteiger partial charge on any atom is 0.470 e. The van der Waals surface area contributed by atoms with Crippen LogP contribution >= 0.6 is 15.8 Å². The van der Waals surface area contributed by atoms with Crippen LogP contribution in [0.4, 0.5) is 0 Å². The molecule has 6 rings (SSSR count). The molecule has 3 aromatic carbocycles. The second kappa shape index (κ2) is 13.1. The van der Waals surface area contributed by atoms with E-state index in [1.165, 1.54) is 11.1 Å². The van der Waals surface area contributed by atoms with Gasteiger partial charge in [0, 0.05) is 12.6 Å². The summed E-state index contributed by atoms with van der Waals surface area (Å²) in [5.74, 6) is 0.169. The summed E-state index contributed by atoms with van der Waals surface area (Å²) in [4.78, 5) is 0. The summed E-state index contributed by atoms with van der Waals surface area (Å²) in [6, 6.07) is 30.9. The first kappa shape index (κ1) is 27.9. The first-order valence-corrected chi connectivity index (χ1v) is 17.0. The fraction of sp³-hybridized carbons (Fsp3) is 0.257. The summed E-state index contributed by atoms with van der Waals surface area (Å²) >= 11 is 0. The van der Waals surface area contributed by atoms with Gasteiger partial charge in [-0.1, -0.05) is 112 Å². The predicted octanol–water partition coefficient (Wildman–Crippen LogP) is 8.58. The lowest BCUT2D eigenvalue weighted by molar-refractivity contribution is 0.315. The van der Waals surface area contributed by atoms with Gasteiger partial charge in [0.2, 0.25) is 0 Å². The molecule has 41 heavy (non-hydrogen) atoms. The van der Waals surface area contributed by atoms with E-state index in [1.54, 1.807) is 0 Å². The van der Waals surface area contributed by atoms with Gasteiger partial charge >= 0.3 is 15.8 Å². The van der Waals surface area contributed by atoms with Gasteiger partial charge < -0.3 is 5.32 Å². The molecule has 1 aliphatic heterocycles. The Labute approximate surface area is 245 Å². The highest BCUT2D eigenvalue weighted by Crippen LogP contribution is 2.59. The molecule has 3 aromatic rings. The van der Waals surface area contributed by atoms with E-state index in [1.807, 2.05) is 42.5 Å². The summed E-state index contributed by atoms with van der Waals surface area (Å²) in [5.41, 5.74) is 2.40. The van der Waals surface area contributed by atoms with Gasteiger partial charge in [0.15, 0.2) is 15.9 Å². The fourth-order valence-electron chi connectivity index (χ4n) is 6.30. The molecule has 206 valence electrons. The van der Waals surface area contributed by atoms with Crippen molar-refractivity contribution in [2.24, 2.45) is 11.8 Å².